The first-order valence-corrected chi connectivity index (χ1v) is 6.23. The van der Waals surface area contributed by atoms with E-state index in [1.807, 2.05) is 24.3 Å². The molecule has 0 aliphatic carbocycles. The molecule has 0 unspecified atom stereocenters. The van der Waals surface area contributed by atoms with Crippen LogP contribution in [0.5, 0.6) is 11.5 Å². The highest BCUT2D eigenvalue weighted by Gasteiger charge is 2.01. The second-order valence-corrected chi connectivity index (χ2v) is 3.93. The van der Waals surface area contributed by atoms with E-state index in [0.717, 1.165) is 11.1 Å². The van der Waals surface area contributed by atoms with Gasteiger partial charge in [0.15, 0.2) is 0 Å². The van der Waals surface area contributed by atoms with E-state index in [9.17, 15) is 7.77 Å². The molecule has 0 spiro atoms. The summed E-state index contributed by atoms with van der Waals surface area (Å²) in [5.41, 5.74) is 1.90. The average molecular weight is 286 g/mol. The Morgan fingerprint density at radius 2 is 0.944 bits per heavy atom. The van der Waals surface area contributed by atoms with E-state index in [4.69, 9.17) is 0 Å². The monoisotopic (exact) mass is 286 g/mol. The molecule has 0 atom stereocenters. The lowest BCUT2D eigenvalue weighted by Gasteiger charge is -2.04. The van der Waals surface area contributed by atoms with Crippen molar-refractivity contribution in [3.63, 3.8) is 0 Å². The summed E-state index contributed by atoms with van der Waals surface area (Å²) in [5, 5.41) is 0. The van der Waals surface area contributed by atoms with Crippen LogP contribution in [0.2, 0.25) is 0 Å². The lowest BCUT2D eigenvalue weighted by atomic mass is 10.1. The first-order chi connectivity index (χ1) is 8.83. The summed E-state index contributed by atoms with van der Waals surface area (Å²) in [7, 11) is 0. The molecule has 0 N–H and O–H groups in total. The van der Waals surface area contributed by atoms with Crippen molar-refractivity contribution in [2.24, 2.45) is 0 Å². The molecule has 0 fully saturated rings. The standard InChI is InChI=1S/C12H8F2O2S2/c13-17-15-11-5-1-9(2-6-11)10-3-7-12(8-4-10)16-18-14/h1-8H. The second kappa shape index (κ2) is 6.51. The summed E-state index contributed by atoms with van der Waals surface area (Å²) in [6.45, 7) is 0. The number of halogens is 2. The minimum atomic E-state index is -0.191. The number of rotatable bonds is 5. The minimum Gasteiger partial charge on any atom is -0.397 e. The van der Waals surface area contributed by atoms with E-state index in [1.54, 1.807) is 24.3 Å². The molecular weight excluding hydrogens is 278 g/mol. The van der Waals surface area contributed by atoms with E-state index in [2.05, 4.69) is 8.37 Å². The fourth-order valence-electron chi connectivity index (χ4n) is 1.48. The van der Waals surface area contributed by atoms with Gasteiger partial charge in [0.05, 0.1) is 0 Å². The molecule has 2 aromatic carbocycles. The SMILES string of the molecule is FSOc1ccc(-c2ccc(OSF)cc2)cc1. The highest BCUT2D eigenvalue weighted by Crippen LogP contribution is 2.26. The number of benzene rings is 2. The maximum absolute atomic E-state index is 11.9. The van der Waals surface area contributed by atoms with Crippen molar-refractivity contribution in [1.29, 1.82) is 0 Å². The highest BCUT2D eigenvalue weighted by molar-refractivity contribution is 7.90. The molecule has 0 saturated heterocycles. The van der Waals surface area contributed by atoms with Crippen LogP contribution in [-0.4, -0.2) is 0 Å². The van der Waals surface area contributed by atoms with E-state index in [1.165, 1.54) is 0 Å². The van der Waals surface area contributed by atoms with Gasteiger partial charge >= 0.3 is 0 Å². The van der Waals surface area contributed by atoms with Gasteiger partial charge < -0.3 is 8.37 Å². The third-order valence-corrected chi connectivity index (χ3v) is 2.81. The molecule has 0 heterocycles. The Morgan fingerprint density at radius 1 is 0.611 bits per heavy atom. The number of hydrogen-bond acceptors (Lipinski definition) is 4. The molecule has 18 heavy (non-hydrogen) atoms. The van der Waals surface area contributed by atoms with Crippen LogP contribution in [-0.2, 0) is 0 Å². The smallest absolute Gasteiger partial charge is 0.272 e. The van der Waals surface area contributed by atoms with Gasteiger partial charge in [-0.15, -0.1) is 7.77 Å². The van der Waals surface area contributed by atoms with Crippen molar-refractivity contribution in [3.8, 4) is 22.6 Å². The van der Waals surface area contributed by atoms with Gasteiger partial charge in [0, 0.05) is 0 Å². The molecule has 0 amide bonds. The van der Waals surface area contributed by atoms with Crippen LogP contribution in [0.3, 0.4) is 0 Å². The predicted molar refractivity (Wildman–Crippen MR) is 70.5 cm³/mol. The average Bonchev–Trinajstić information content (AvgIpc) is 2.41. The van der Waals surface area contributed by atoms with Gasteiger partial charge in [-0.1, -0.05) is 24.3 Å². The summed E-state index contributed by atoms with van der Waals surface area (Å²) in [5.74, 6) is 0.889. The fourth-order valence-corrected chi connectivity index (χ4v) is 1.85. The quantitative estimate of drug-likeness (QED) is 0.705. The summed E-state index contributed by atoms with van der Waals surface area (Å²) >= 11 is -0.381. The largest absolute Gasteiger partial charge is 0.397 e. The van der Waals surface area contributed by atoms with Crippen LogP contribution in [0.15, 0.2) is 48.5 Å². The lowest BCUT2D eigenvalue weighted by molar-refractivity contribution is 0.610. The van der Waals surface area contributed by atoms with Crippen molar-refractivity contribution >= 4 is 24.9 Å². The van der Waals surface area contributed by atoms with Crippen LogP contribution in [0.4, 0.5) is 7.77 Å². The zero-order chi connectivity index (χ0) is 12.8. The first kappa shape index (κ1) is 13.0. The molecule has 0 aromatic heterocycles. The third-order valence-electron chi connectivity index (χ3n) is 2.30. The summed E-state index contributed by atoms with van der Waals surface area (Å²) in [6, 6.07) is 13.9. The van der Waals surface area contributed by atoms with Gasteiger partial charge in [-0.2, -0.15) is 0 Å². The van der Waals surface area contributed by atoms with Gasteiger partial charge in [-0.25, -0.2) is 0 Å². The summed E-state index contributed by atoms with van der Waals surface area (Å²) in [6.07, 6.45) is 0. The van der Waals surface area contributed by atoms with Crippen LogP contribution in [0, 0.1) is 0 Å². The van der Waals surface area contributed by atoms with Crippen molar-refractivity contribution in [3.05, 3.63) is 48.5 Å². The Balaban J connectivity index is 2.15. The summed E-state index contributed by atoms with van der Waals surface area (Å²) < 4.78 is 33.0. The van der Waals surface area contributed by atoms with Gasteiger partial charge in [-0.05, 0) is 35.4 Å². The van der Waals surface area contributed by atoms with Crippen molar-refractivity contribution in [2.45, 2.75) is 0 Å². The molecule has 0 saturated carbocycles. The topological polar surface area (TPSA) is 18.5 Å². The maximum atomic E-state index is 11.9. The molecule has 0 aliphatic heterocycles. The number of hydrogen-bond donors (Lipinski definition) is 0. The van der Waals surface area contributed by atoms with Crippen LogP contribution in [0.1, 0.15) is 0 Å². The van der Waals surface area contributed by atoms with Crippen LogP contribution < -0.4 is 8.37 Å². The van der Waals surface area contributed by atoms with Crippen molar-refractivity contribution in [2.75, 3.05) is 0 Å². The lowest BCUT2D eigenvalue weighted by Crippen LogP contribution is -1.81. The van der Waals surface area contributed by atoms with Crippen molar-refractivity contribution in [1.82, 2.24) is 0 Å². The van der Waals surface area contributed by atoms with E-state index < -0.39 is 0 Å². The Labute approximate surface area is 112 Å². The second-order valence-electron chi connectivity index (χ2n) is 3.34. The molecule has 0 aliphatic rings. The molecule has 2 rings (SSSR count). The van der Waals surface area contributed by atoms with Crippen LogP contribution >= 0.6 is 24.9 Å². The minimum absolute atomic E-state index is 0.191. The summed E-state index contributed by atoms with van der Waals surface area (Å²) in [4.78, 5) is 0. The first-order valence-electron chi connectivity index (χ1n) is 4.94. The fraction of sp³-hybridized carbons (Fsp3) is 0. The predicted octanol–water partition coefficient (Wildman–Crippen LogP) is 5.18. The normalized spacial score (nSPS) is 10.1. The van der Waals surface area contributed by atoms with Gasteiger partial charge in [0.25, 0.3) is 24.9 Å². The maximum Gasteiger partial charge on any atom is 0.272 e. The highest BCUT2D eigenvalue weighted by atomic mass is 32.2. The van der Waals surface area contributed by atoms with Crippen LogP contribution in [0.25, 0.3) is 11.1 Å². The molecule has 0 radical (unpaired) electrons. The molecular formula is C12H8F2O2S2. The molecule has 2 nitrogen and oxygen atoms in total. The van der Waals surface area contributed by atoms with E-state index in [0.29, 0.717) is 11.5 Å². The van der Waals surface area contributed by atoms with Crippen molar-refractivity contribution < 1.29 is 16.1 Å². The molecule has 94 valence electrons. The Bertz CT molecular complexity index is 441. The molecule has 0 bridgehead atoms. The van der Waals surface area contributed by atoms with E-state index >= 15 is 0 Å². The third kappa shape index (κ3) is 3.30. The van der Waals surface area contributed by atoms with Gasteiger partial charge in [0.1, 0.15) is 11.5 Å². The zero-order valence-corrected chi connectivity index (χ0v) is 10.6. The Morgan fingerprint density at radius 3 is 1.22 bits per heavy atom. The molecule has 2 aromatic rings. The Kier molecular flexibility index (Phi) is 4.72. The Hall–Kier alpha value is -1.40. The molecule has 6 heteroatoms. The zero-order valence-electron chi connectivity index (χ0n) is 9.01. The van der Waals surface area contributed by atoms with E-state index in [-0.39, 0.29) is 24.9 Å². The van der Waals surface area contributed by atoms with Gasteiger partial charge in [0.2, 0.25) is 0 Å². The van der Waals surface area contributed by atoms with Gasteiger partial charge in [-0.3, -0.25) is 0 Å².